The number of aromatic nitrogens is 3. The van der Waals surface area contributed by atoms with Gasteiger partial charge in [0.1, 0.15) is 11.6 Å². The van der Waals surface area contributed by atoms with Gasteiger partial charge in [-0.15, -0.1) is 0 Å². The third kappa shape index (κ3) is 2.30. The number of aryl methyl sites for hydroxylation is 1. The van der Waals surface area contributed by atoms with Gasteiger partial charge in [0.15, 0.2) is 5.65 Å². The molecule has 22 heavy (non-hydrogen) atoms. The molecule has 3 aromatic rings. The van der Waals surface area contributed by atoms with E-state index >= 15 is 0 Å². The standard InChI is InChI=1S/C14H9F3N4O/c15-14(16,17)6-5-11-9(7-18)12-19-10-4-2-1-3-8(10)13(22)21(12)20-11/h1-4,19H,5-6H2. The molecule has 3 rings (SSSR count). The summed E-state index contributed by atoms with van der Waals surface area (Å²) in [5, 5.41) is 13.4. The summed E-state index contributed by atoms with van der Waals surface area (Å²) >= 11 is 0. The highest BCUT2D eigenvalue weighted by molar-refractivity contribution is 5.80. The highest BCUT2D eigenvalue weighted by Crippen LogP contribution is 2.24. The van der Waals surface area contributed by atoms with Crippen LogP contribution in [0.5, 0.6) is 0 Å². The van der Waals surface area contributed by atoms with Crippen molar-refractivity contribution in [1.82, 2.24) is 14.6 Å². The van der Waals surface area contributed by atoms with E-state index in [2.05, 4.69) is 10.1 Å². The minimum Gasteiger partial charge on any atom is -0.338 e. The van der Waals surface area contributed by atoms with Gasteiger partial charge >= 0.3 is 6.18 Å². The van der Waals surface area contributed by atoms with Gasteiger partial charge in [-0.3, -0.25) is 4.79 Å². The lowest BCUT2D eigenvalue weighted by Gasteiger charge is -2.03. The van der Waals surface area contributed by atoms with Crippen LogP contribution in [0.1, 0.15) is 17.7 Å². The first-order valence-electron chi connectivity index (χ1n) is 6.40. The largest absolute Gasteiger partial charge is 0.389 e. The van der Waals surface area contributed by atoms with E-state index in [-0.39, 0.29) is 16.9 Å². The highest BCUT2D eigenvalue weighted by Gasteiger charge is 2.28. The van der Waals surface area contributed by atoms with E-state index in [1.54, 1.807) is 24.3 Å². The zero-order chi connectivity index (χ0) is 15.9. The summed E-state index contributed by atoms with van der Waals surface area (Å²) in [5.74, 6) is 0. The topological polar surface area (TPSA) is 74.0 Å². The molecule has 0 saturated heterocycles. The number of rotatable bonds is 2. The molecule has 0 aliphatic carbocycles. The lowest BCUT2D eigenvalue weighted by molar-refractivity contribution is -0.134. The van der Waals surface area contributed by atoms with Gasteiger partial charge in [0.2, 0.25) is 0 Å². The highest BCUT2D eigenvalue weighted by atomic mass is 19.4. The number of halogens is 3. The van der Waals surface area contributed by atoms with Crippen molar-refractivity contribution in [3.05, 3.63) is 45.9 Å². The Morgan fingerprint density at radius 2 is 2.05 bits per heavy atom. The van der Waals surface area contributed by atoms with Crippen LogP contribution in [0.15, 0.2) is 29.1 Å². The molecule has 1 N–H and O–H groups in total. The van der Waals surface area contributed by atoms with Crippen LogP contribution in [0, 0.1) is 11.3 Å². The summed E-state index contributed by atoms with van der Waals surface area (Å²) in [6.45, 7) is 0. The van der Waals surface area contributed by atoms with Crippen molar-refractivity contribution in [1.29, 1.82) is 5.26 Å². The van der Waals surface area contributed by atoms with Gasteiger partial charge in [0.05, 0.1) is 16.6 Å². The number of alkyl halides is 3. The second kappa shape index (κ2) is 4.87. The smallest absolute Gasteiger partial charge is 0.338 e. The van der Waals surface area contributed by atoms with Gasteiger partial charge in [0.25, 0.3) is 5.56 Å². The second-order valence-electron chi connectivity index (χ2n) is 4.78. The molecule has 0 aliphatic rings. The number of hydrogen-bond donors (Lipinski definition) is 1. The predicted molar refractivity (Wildman–Crippen MR) is 72.4 cm³/mol. The van der Waals surface area contributed by atoms with Gasteiger partial charge < -0.3 is 4.98 Å². The number of hydrogen-bond acceptors (Lipinski definition) is 3. The molecule has 0 spiro atoms. The van der Waals surface area contributed by atoms with E-state index in [1.165, 1.54) is 0 Å². The molecular weight excluding hydrogens is 297 g/mol. The Balaban J connectivity index is 2.24. The maximum absolute atomic E-state index is 12.4. The molecule has 5 nitrogen and oxygen atoms in total. The molecule has 2 aromatic heterocycles. The monoisotopic (exact) mass is 306 g/mol. The van der Waals surface area contributed by atoms with Crippen LogP contribution >= 0.6 is 0 Å². The summed E-state index contributed by atoms with van der Waals surface area (Å²) in [4.78, 5) is 15.2. The Kier molecular flexibility index (Phi) is 3.13. The molecule has 0 amide bonds. The number of para-hydroxylation sites is 1. The van der Waals surface area contributed by atoms with E-state index in [0.29, 0.717) is 10.9 Å². The van der Waals surface area contributed by atoms with E-state index in [0.717, 1.165) is 4.52 Å². The fourth-order valence-electron chi connectivity index (χ4n) is 2.30. The molecule has 0 atom stereocenters. The molecule has 8 heteroatoms. The van der Waals surface area contributed by atoms with Crippen LogP contribution in [0.2, 0.25) is 0 Å². The van der Waals surface area contributed by atoms with Gasteiger partial charge in [-0.05, 0) is 12.1 Å². The van der Waals surface area contributed by atoms with Gasteiger partial charge in [-0.1, -0.05) is 12.1 Å². The average Bonchev–Trinajstić information content (AvgIpc) is 2.82. The van der Waals surface area contributed by atoms with Crippen LogP contribution in [0.3, 0.4) is 0 Å². The van der Waals surface area contributed by atoms with E-state index in [1.807, 2.05) is 6.07 Å². The van der Waals surface area contributed by atoms with E-state index < -0.39 is 24.6 Å². The average molecular weight is 306 g/mol. The Morgan fingerprint density at radius 3 is 2.73 bits per heavy atom. The Morgan fingerprint density at radius 1 is 1.32 bits per heavy atom. The molecular formula is C14H9F3N4O. The van der Waals surface area contributed by atoms with Crippen molar-refractivity contribution in [2.75, 3.05) is 0 Å². The van der Waals surface area contributed by atoms with Crippen molar-refractivity contribution >= 4 is 16.6 Å². The van der Waals surface area contributed by atoms with Crippen LogP contribution < -0.4 is 5.56 Å². The third-order valence-corrected chi connectivity index (χ3v) is 3.32. The minimum atomic E-state index is -4.35. The van der Waals surface area contributed by atoms with Crippen molar-refractivity contribution < 1.29 is 13.2 Å². The zero-order valence-electron chi connectivity index (χ0n) is 11.1. The van der Waals surface area contributed by atoms with Gasteiger partial charge in [0, 0.05) is 12.8 Å². The molecule has 1 aromatic carbocycles. The SMILES string of the molecule is N#Cc1c(CCC(F)(F)F)nn2c(=O)c3ccccc3[nH]c12. The van der Waals surface area contributed by atoms with Crippen LogP contribution in [0.25, 0.3) is 16.6 Å². The second-order valence-corrected chi connectivity index (χ2v) is 4.78. The maximum Gasteiger partial charge on any atom is 0.389 e. The normalized spacial score (nSPS) is 11.9. The number of fused-ring (bicyclic) bond motifs is 2. The number of H-pyrrole nitrogens is 1. The lowest BCUT2D eigenvalue weighted by atomic mass is 10.1. The third-order valence-electron chi connectivity index (χ3n) is 3.32. The molecule has 0 unspecified atom stereocenters. The molecule has 0 bridgehead atoms. The number of nitrogens with zero attached hydrogens (tertiary/aromatic N) is 3. The van der Waals surface area contributed by atoms with Crippen LogP contribution in [0.4, 0.5) is 13.2 Å². The van der Waals surface area contributed by atoms with Crippen molar-refractivity contribution in [3.8, 4) is 6.07 Å². The first kappa shape index (κ1) is 14.1. The zero-order valence-corrected chi connectivity index (χ0v) is 11.1. The number of nitriles is 1. The molecule has 112 valence electrons. The number of benzene rings is 1. The number of aromatic amines is 1. The predicted octanol–water partition coefficient (Wildman–Crippen LogP) is 2.54. The molecule has 0 aliphatic heterocycles. The molecule has 0 fully saturated rings. The first-order chi connectivity index (χ1) is 10.4. The summed E-state index contributed by atoms with van der Waals surface area (Å²) in [6, 6.07) is 8.44. The first-order valence-corrected chi connectivity index (χ1v) is 6.40. The van der Waals surface area contributed by atoms with Gasteiger partial charge in [-0.25, -0.2) is 0 Å². The fraction of sp³-hybridized carbons (Fsp3) is 0.214. The Hall–Kier alpha value is -2.82. The molecule has 2 heterocycles. The fourth-order valence-corrected chi connectivity index (χ4v) is 2.30. The molecule has 0 radical (unpaired) electrons. The van der Waals surface area contributed by atoms with Crippen molar-refractivity contribution in [2.24, 2.45) is 0 Å². The minimum absolute atomic E-state index is 0.0351. The van der Waals surface area contributed by atoms with Crippen LogP contribution in [-0.2, 0) is 6.42 Å². The summed E-state index contributed by atoms with van der Waals surface area (Å²) < 4.78 is 38.0. The summed E-state index contributed by atoms with van der Waals surface area (Å²) in [7, 11) is 0. The van der Waals surface area contributed by atoms with Crippen LogP contribution in [-0.4, -0.2) is 20.8 Å². The molecule has 0 saturated carbocycles. The van der Waals surface area contributed by atoms with Gasteiger partial charge in [-0.2, -0.15) is 28.0 Å². The Bertz CT molecular complexity index is 962. The lowest BCUT2D eigenvalue weighted by Crippen LogP contribution is -2.15. The van der Waals surface area contributed by atoms with Crippen molar-refractivity contribution in [3.63, 3.8) is 0 Å². The van der Waals surface area contributed by atoms with E-state index in [4.69, 9.17) is 0 Å². The Labute approximate surface area is 121 Å². The quantitative estimate of drug-likeness (QED) is 0.790. The maximum atomic E-state index is 12.4. The number of nitrogens with one attached hydrogen (secondary N) is 1. The van der Waals surface area contributed by atoms with Crippen molar-refractivity contribution in [2.45, 2.75) is 19.0 Å². The summed E-state index contributed by atoms with van der Waals surface area (Å²) in [6.07, 6.45) is -5.89. The summed E-state index contributed by atoms with van der Waals surface area (Å²) in [5.41, 5.74) is 0.0665. The van der Waals surface area contributed by atoms with E-state index in [9.17, 15) is 23.2 Å².